The number of halogens is 3. The molecule has 0 amide bonds. The van der Waals surface area contributed by atoms with Crippen LogP contribution in [0.25, 0.3) is 0 Å². The molecule has 0 N–H and O–H groups in total. The molecule has 0 radical (unpaired) electrons. The van der Waals surface area contributed by atoms with Crippen molar-refractivity contribution in [2.45, 2.75) is 44.9 Å². The minimum Gasteiger partial charge on any atom is -0.294 e. The maximum atomic E-state index is 13.6. The van der Waals surface area contributed by atoms with Crippen LogP contribution in [-0.4, -0.2) is 5.78 Å². The Balaban J connectivity index is 2.22. The number of carbonyl (C=O) groups is 1. The SMILES string of the molecule is O=C(c1c(F)cc(F)cc1F)C1CCCCCCC1. The fraction of sp³-hybridized carbons (Fsp3) is 0.533. The molecule has 0 unspecified atom stereocenters. The summed E-state index contributed by atoms with van der Waals surface area (Å²) in [4.78, 5) is 12.2. The molecule has 1 aromatic carbocycles. The van der Waals surface area contributed by atoms with Crippen molar-refractivity contribution in [1.29, 1.82) is 0 Å². The lowest BCUT2D eigenvalue weighted by molar-refractivity contribution is 0.0889. The molecule has 0 bridgehead atoms. The van der Waals surface area contributed by atoms with Gasteiger partial charge in [0.15, 0.2) is 5.78 Å². The molecule has 2 rings (SSSR count). The Hall–Kier alpha value is -1.32. The quantitative estimate of drug-likeness (QED) is 0.715. The second-order valence-corrected chi connectivity index (χ2v) is 5.15. The van der Waals surface area contributed by atoms with Gasteiger partial charge in [-0.05, 0) is 12.8 Å². The van der Waals surface area contributed by atoms with E-state index >= 15 is 0 Å². The van der Waals surface area contributed by atoms with E-state index in [1.807, 2.05) is 0 Å². The maximum Gasteiger partial charge on any atom is 0.171 e. The van der Waals surface area contributed by atoms with E-state index in [4.69, 9.17) is 0 Å². The molecule has 1 nitrogen and oxygen atoms in total. The summed E-state index contributed by atoms with van der Waals surface area (Å²) >= 11 is 0. The van der Waals surface area contributed by atoms with E-state index in [1.54, 1.807) is 0 Å². The molecule has 1 aromatic rings. The van der Waals surface area contributed by atoms with Crippen LogP contribution >= 0.6 is 0 Å². The van der Waals surface area contributed by atoms with Gasteiger partial charge in [0.1, 0.15) is 17.5 Å². The van der Waals surface area contributed by atoms with E-state index in [1.165, 1.54) is 0 Å². The summed E-state index contributed by atoms with van der Waals surface area (Å²) in [5.41, 5.74) is -0.577. The minimum absolute atomic E-state index is 0.338. The number of Topliss-reactive ketones (excluding diaryl/α,β-unsaturated/α-hetero) is 1. The van der Waals surface area contributed by atoms with Crippen molar-refractivity contribution in [2.24, 2.45) is 5.92 Å². The molecule has 0 saturated heterocycles. The average Bonchev–Trinajstić information content (AvgIpc) is 2.26. The zero-order valence-corrected chi connectivity index (χ0v) is 10.7. The van der Waals surface area contributed by atoms with Gasteiger partial charge in [-0.1, -0.05) is 32.1 Å². The predicted molar refractivity (Wildman–Crippen MR) is 66.5 cm³/mol. The first-order valence-electron chi connectivity index (χ1n) is 6.78. The van der Waals surface area contributed by atoms with Gasteiger partial charge in [-0.2, -0.15) is 0 Å². The lowest BCUT2D eigenvalue weighted by Gasteiger charge is -2.19. The highest BCUT2D eigenvalue weighted by atomic mass is 19.1. The Bertz CT molecular complexity index is 439. The number of benzene rings is 1. The zero-order chi connectivity index (χ0) is 13.8. The van der Waals surface area contributed by atoms with Gasteiger partial charge >= 0.3 is 0 Å². The lowest BCUT2D eigenvalue weighted by Crippen LogP contribution is -2.19. The second kappa shape index (κ2) is 6.22. The van der Waals surface area contributed by atoms with Crippen molar-refractivity contribution < 1.29 is 18.0 Å². The van der Waals surface area contributed by atoms with Crippen LogP contribution in [0.3, 0.4) is 0 Å². The third kappa shape index (κ3) is 3.37. The Morgan fingerprint density at radius 3 is 1.89 bits per heavy atom. The summed E-state index contributed by atoms with van der Waals surface area (Å²) in [6, 6.07) is 1.14. The zero-order valence-electron chi connectivity index (χ0n) is 10.7. The van der Waals surface area contributed by atoms with Gasteiger partial charge < -0.3 is 0 Å². The van der Waals surface area contributed by atoms with Crippen molar-refractivity contribution in [3.63, 3.8) is 0 Å². The smallest absolute Gasteiger partial charge is 0.171 e. The summed E-state index contributed by atoms with van der Waals surface area (Å²) in [5.74, 6) is -4.04. The van der Waals surface area contributed by atoms with E-state index in [0.29, 0.717) is 25.0 Å². The first-order valence-corrected chi connectivity index (χ1v) is 6.78. The molecule has 0 atom stereocenters. The van der Waals surface area contributed by atoms with Crippen molar-refractivity contribution in [3.05, 3.63) is 35.1 Å². The van der Waals surface area contributed by atoms with Gasteiger partial charge in [0.05, 0.1) is 5.56 Å². The first kappa shape index (κ1) is 14.1. The van der Waals surface area contributed by atoms with Crippen LogP contribution in [0.5, 0.6) is 0 Å². The van der Waals surface area contributed by atoms with Gasteiger partial charge in [0.25, 0.3) is 0 Å². The van der Waals surface area contributed by atoms with Crippen LogP contribution in [0, 0.1) is 23.4 Å². The van der Waals surface area contributed by atoms with E-state index in [9.17, 15) is 18.0 Å². The van der Waals surface area contributed by atoms with Crippen LogP contribution in [-0.2, 0) is 0 Å². The van der Waals surface area contributed by atoms with Gasteiger partial charge in [0.2, 0.25) is 0 Å². The van der Waals surface area contributed by atoms with Gasteiger partial charge in [-0.15, -0.1) is 0 Å². The Morgan fingerprint density at radius 1 is 0.895 bits per heavy atom. The first-order chi connectivity index (χ1) is 9.09. The second-order valence-electron chi connectivity index (χ2n) is 5.15. The van der Waals surface area contributed by atoms with Gasteiger partial charge in [-0.25, -0.2) is 13.2 Å². The number of rotatable bonds is 2. The summed E-state index contributed by atoms with van der Waals surface area (Å²) in [7, 11) is 0. The molecule has 1 saturated carbocycles. The van der Waals surface area contributed by atoms with Gasteiger partial charge in [0, 0.05) is 18.1 Å². The van der Waals surface area contributed by atoms with Crippen LogP contribution < -0.4 is 0 Å². The fourth-order valence-corrected chi connectivity index (χ4v) is 2.70. The molecular weight excluding hydrogens is 253 g/mol. The molecule has 0 spiro atoms. The molecule has 0 aliphatic heterocycles. The number of ketones is 1. The van der Waals surface area contributed by atoms with E-state index in [-0.39, 0.29) is 5.92 Å². The highest BCUT2D eigenvalue weighted by Gasteiger charge is 2.26. The number of hydrogen-bond acceptors (Lipinski definition) is 1. The maximum absolute atomic E-state index is 13.6. The topological polar surface area (TPSA) is 17.1 Å². The molecule has 1 aliphatic carbocycles. The van der Waals surface area contributed by atoms with Crippen LogP contribution in [0.15, 0.2) is 12.1 Å². The van der Waals surface area contributed by atoms with Crippen molar-refractivity contribution in [3.8, 4) is 0 Å². The average molecular weight is 270 g/mol. The Kier molecular flexibility index (Phi) is 4.61. The van der Waals surface area contributed by atoms with Crippen molar-refractivity contribution in [1.82, 2.24) is 0 Å². The van der Waals surface area contributed by atoms with Crippen molar-refractivity contribution >= 4 is 5.78 Å². The Labute approximate surface area is 110 Å². The minimum atomic E-state index is -1.09. The molecule has 104 valence electrons. The van der Waals surface area contributed by atoms with Crippen LogP contribution in [0.4, 0.5) is 13.2 Å². The normalized spacial score (nSPS) is 17.8. The Morgan fingerprint density at radius 2 is 1.37 bits per heavy atom. The van der Waals surface area contributed by atoms with E-state index in [2.05, 4.69) is 0 Å². The number of carbonyl (C=O) groups excluding carboxylic acids is 1. The largest absolute Gasteiger partial charge is 0.294 e. The summed E-state index contributed by atoms with van der Waals surface area (Å²) < 4.78 is 40.0. The van der Waals surface area contributed by atoms with Crippen LogP contribution in [0.1, 0.15) is 55.3 Å². The standard InChI is InChI=1S/C15H17F3O/c16-11-8-12(17)14(13(18)9-11)15(19)10-6-4-2-1-3-5-7-10/h8-10H,1-7H2. The van der Waals surface area contributed by atoms with E-state index in [0.717, 1.165) is 32.1 Å². The predicted octanol–water partition coefficient (Wildman–Crippen LogP) is 4.65. The summed E-state index contributed by atoms with van der Waals surface area (Å²) in [6.45, 7) is 0. The molecule has 4 heteroatoms. The molecular formula is C15H17F3O. The lowest BCUT2D eigenvalue weighted by atomic mass is 9.85. The fourth-order valence-electron chi connectivity index (χ4n) is 2.70. The molecule has 1 fully saturated rings. The van der Waals surface area contributed by atoms with Gasteiger partial charge in [-0.3, -0.25) is 4.79 Å². The molecule has 0 heterocycles. The highest BCUT2D eigenvalue weighted by molar-refractivity contribution is 5.98. The van der Waals surface area contributed by atoms with Crippen LogP contribution in [0.2, 0.25) is 0 Å². The highest BCUT2D eigenvalue weighted by Crippen LogP contribution is 2.27. The summed E-state index contributed by atoms with van der Waals surface area (Å²) in [6.07, 6.45) is 6.39. The summed E-state index contributed by atoms with van der Waals surface area (Å²) in [5, 5.41) is 0. The third-order valence-electron chi connectivity index (χ3n) is 3.73. The third-order valence-corrected chi connectivity index (χ3v) is 3.73. The van der Waals surface area contributed by atoms with E-state index < -0.39 is 28.8 Å². The molecule has 1 aliphatic rings. The molecule has 0 aromatic heterocycles. The molecule has 19 heavy (non-hydrogen) atoms. The number of hydrogen-bond donors (Lipinski definition) is 0. The monoisotopic (exact) mass is 270 g/mol. The van der Waals surface area contributed by atoms with Crippen molar-refractivity contribution in [2.75, 3.05) is 0 Å².